The van der Waals surface area contributed by atoms with E-state index in [2.05, 4.69) is 17.2 Å². The van der Waals surface area contributed by atoms with Gasteiger partial charge in [-0.25, -0.2) is 0 Å². The minimum atomic E-state index is 0.831. The van der Waals surface area contributed by atoms with E-state index in [0.29, 0.717) is 0 Å². The first-order valence-corrected chi connectivity index (χ1v) is 2.11. The van der Waals surface area contributed by atoms with Gasteiger partial charge in [0.1, 0.15) is 0 Å². The van der Waals surface area contributed by atoms with Crippen molar-refractivity contribution in [1.82, 2.24) is 0 Å². The summed E-state index contributed by atoms with van der Waals surface area (Å²) in [5, 5.41) is 0. The van der Waals surface area contributed by atoms with Gasteiger partial charge in [-0.05, 0) is 6.92 Å². The van der Waals surface area contributed by atoms with Crippen LogP contribution in [-0.2, 0) is 0 Å². The molecule has 0 aromatic carbocycles. The molecule has 0 saturated heterocycles. The van der Waals surface area contributed by atoms with Gasteiger partial charge in [-0.15, -0.1) is 0 Å². The van der Waals surface area contributed by atoms with Gasteiger partial charge in [0, 0.05) is 18.1 Å². The SMILES string of the molecule is CN=CC(C)=S. The standard InChI is InChI=1S/C4H7NS/c1-4(6)3-5-2/h3H,1-2H3. The summed E-state index contributed by atoms with van der Waals surface area (Å²) in [4.78, 5) is 4.50. The fourth-order valence-corrected chi connectivity index (χ4v) is 0.287. The maximum absolute atomic E-state index is 4.65. The van der Waals surface area contributed by atoms with Crippen molar-refractivity contribution in [3.63, 3.8) is 0 Å². The lowest BCUT2D eigenvalue weighted by atomic mass is 10.5. The predicted octanol–water partition coefficient (Wildman–Crippen LogP) is 1.08. The maximum atomic E-state index is 4.65. The van der Waals surface area contributed by atoms with E-state index in [9.17, 15) is 0 Å². The van der Waals surface area contributed by atoms with Crippen LogP contribution in [-0.4, -0.2) is 18.1 Å². The molecule has 0 aliphatic rings. The van der Waals surface area contributed by atoms with Crippen LogP contribution in [0.4, 0.5) is 0 Å². The van der Waals surface area contributed by atoms with Crippen molar-refractivity contribution in [3.05, 3.63) is 0 Å². The highest BCUT2D eigenvalue weighted by molar-refractivity contribution is 7.81. The minimum Gasteiger partial charge on any atom is -0.295 e. The summed E-state index contributed by atoms with van der Waals surface area (Å²) < 4.78 is 0. The van der Waals surface area contributed by atoms with Gasteiger partial charge in [0.2, 0.25) is 0 Å². The van der Waals surface area contributed by atoms with E-state index >= 15 is 0 Å². The fourth-order valence-electron chi connectivity index (χ4n) is 0.182. The van der Waals surface area contributed by atoms with Crippen LogP contribution < -0.4 is 0 Å². The topological polar surface area (TPSA) is 12.4 Å². The molecular weight excluding hydrogens is 94.1 g/mol. The van der Waals surface area contributed by atoms with E-state index in [4.69, 9.17) is 0 Å². The van der Waals surface area contributed by atoms with E-state index in [1.165, 1.54) is 0 Å². The number of hydrogen-bond donors (Lipinski definition) is 0. The Morgan fingerprint density at radius 2 is 2.33 bits per heavy atom. The molecule has 0 atom stereocenters. The Labute approximate surface area is 43.1 Å². The van der Waals surface area contributed by atoms with Crippen molar-refractivity contribution in [2.24, 2.45) is 4.99 Å². The smallest absolute Gasteiger partial charge is 0.0345 e. The first kappa shape index (κ1) is 5.76. The van der Waals surface area contributed by atoms with E-state index in [0.717, 1.165) is 4.86 Å². The molecule has 0 saturated carbocycles. The molecule has 0 spiro atoms. The highest BCUT2D eigenvalue weighted by atomic mass is 32.1. The molecule has 34 valence electrons. The summed E-state index contributed by atoms with van der Waals surface area (Å²) in [6, 6.07) is 0. The van der Waals surface area contributed by atoms with Crippen LogP contribution in [0.15, 0.2) is 4.99 Å². The molecule has 0 bridgehead atoms. The molecule has 0 aliphatic heterocycles. The largest absolute Gasteiger partial charge is 0.295 e. The highest BCUT2D eigenvalue weighted by Gasteiger charge is 1.68. The summed E-state index contributed by atoms with van der Waals surface area (Å²) in [6.45, 7) is 1.84. The summed E-state index contributed by atoms with van der Waals surface area (Å²) in [7, 11) is 1.70. The van der Waals surface area contributed by atoms with Gasteiger partial charge in [0.25, 0.3) is 0 Å². The Hall–Kier alpha value is -0.240. The molecule has 0 aromatic rings. The van der Waals surface area contributed by atoms with Gasteiger partial charge >= 0.3 is 0 Å². The molecular formula is C4H7NS. The third-order valence-electron chi connectivity index (χ3n) is 0.311. The van der Waals surface area contributed by atoms with Crippen LogP contribution in [0.3, 0.4) is 0 Å². The maximum Gasteiger partial charge on any atom is 0.0345 e. The van der Waals surface area contributed by atoms with Gasteiger partial charge in [-0.2, -0.15) is 0 Å². The van der Waals surface area contributed by atoms with Crippen molar-refractivity contribution in [2.75, 3.05) is 7.05 Å². The Kier molecular flexibility index (Phi) is 2.85. The van der Waals surface area contributed by atoms with Gasteiger partial charge in [0.05, 0.1) is 0 Å². The van der Waals surface area contributed by atoms with Gasteiger partial charge in [-0.1, -0.05) is 12.2 Å². The molecule has 6 heavy (non-hydrogen) atoms. The Morgan fingerprint density at radius 3 is 2.33 bits per heavy atom. The zero-order chi connectivity index (χ0) is 4.99. The summed E-state index contributed by atoms with van der Waals surface area (Å²) >= 11 is 4.65. The average molecular weight is 101 g/mol. The molecule has 0 rings (SSSR count). The lowest BCUT2D eigenvalue weighted by molar-refractivity contribution is 1.48. The van der Waals surface area contributed by atoms with Gasteiger partial charge < -0.3 is 0 Å². The van der Waals surface area contributed by atoms with Crippen LogP contribution in [0.1, 0.15) is 6.92 Å². The van der Waals surface area contributed by atoms with Gasteiger partial charge in [0.15, 0.2) is 0 Å². The minimum absolute atomic E-state index is 0.831. The molecule has 0 unspecified atom stereocenters. The second-order valence-electron chi connectivity index (χ2n) is 0.998. The fraction of sp³-hybridized carbons (Fsp3) is 0.500. The number of rotatable bonds is 1. The predicted molar refractivity (Wildman–Crippen MR) is 32.7 cm³/mol. The van der Waals surface area contributed by atoms with Crippen molar-refractivity contribution >= 4 is 23.3 Å². The molecule has 0 aliphatic carbocycles. The summed E-state index contributed by atoms with van der Waals surface area (Å²) in [6.07, 6.45) is 1.65. The van der Waals surface area contributed by atoms with Crippen molar-refractivity contribution in [1.29, 1.82) is 0 Å². The highest BCUT2D eigenvalue weighted by Crippen LogP contribution is 1.64. The van der Waals surface area contributed by atoms with E-state index < -0.39 is 0 Å². The van der Waals surface area contributed by atoms with Crippen LogP contribution in [0.25, 0.3) is 0 Å². The van der Waals surface area contributed by atoms with E-state index in [1.807, 2.05) is 6.92 Å². The molecule has 0 amide bonds. The molecule has 0 aromatic heterocycles. The second kappa shape index (κ2) is 2.97. The van der Waals surface area contributed by atoms with E-state index in [-0.39, 0.29) is 0 Å². The van der Waals surface area contributed by atoms with Gasteiger partial charge in [-0.3, -0.25) is 4.99 Å². The summed E-state index contributed by atoms with van der Waals surface area (Å²) in [5.74, 6) is 0. The number of nitrogens with zero attached hydrogens (tertiary/aromatic N) is 1. The summed E-state index contributed by atoms with van der Waals surface area (Å²) in [5.41, 5.74) is 0. The normalized spacial score (nSPS) is 9.67. The third kappa shape index (κ3) is 3.76. The van der Waals surface area contributed by atoms with E-state index in [1.54, 1.807) is 13.3 Å². The zero-order valence-corrected chi connectivity index (χ0v) is 4.75. The quantitative estimate of drug-likeness (QED) is 0.355. The third-order valence-corrected chi connectivity index (χ3v) is 0.416. The van der Waals surface area contributed by atoms with Crippen LogP contribution in [0.5, 0.6) is 0 Å². The molecule has 0 radical (unpaired) electrons. The zero-order valence-electron chi connectivity index (χ0n) is 3.93. The monoisotopic (exact) mass is 101 g/mol. The number of aliphatic imine (C=N–C) groups is 1. The van der Waals surface area contributed by atoms with Crippen molar-refractivity contribution < 1.29 is 0 Å². The van der Waals surface area contributed by atoms with Crippen LogP contribution in [0.2, 0.25) is 0 Å². The lowest BCUT2D eigenvalue weighted by Crippen LogP contribution is -1.83. The Bertz CT molecular complexity index is 75.6. The lowest BCUT2D eigenvalue weighted by Gasteiger charge is -1.72. The molecule has 0 fully saturated rings. The number of hydrogen-bond acceptors (Lipinski definition) is 2. The van der Waals surface area contributed by atoms with Crippen LogP contribution >= 0.6 is 12.2 Å². The molecule has 1 nitrogen and oxygen atoms in total. The van der Waals surface area contributed by atoms with Crippen LogP contribution in [0, 0.1) is 0 Å². The first-order chi connectivity index (χ1) is 2.77. The average Bonchev–Trinajstić information content (AvgIpc) is 1.35. The van der Waals surface area contributed by atoms with Crippen molar-refractivity contribution in [3.8, 4) is 0 Å². The Morgan fingerprint density at radius 1 is 1.83 bits per heavy atom. The first-order valence-electron chi connectivity index (χ1n) is 1.70. The molecule has 0 heterocycles. The van der Waals surface area contributed by atoms with Crippen molar-refractivity contribution in [2.45, 2.75) is 6.92 Å². The molecule has 2 heteroatoms. The Balaban J connectivity index is 3.30. The second-order valence-corrected chi connectivity index (χ2v) is 1.64. The molecule has 0 N–H and O–H groups in total. The number of thiocarbonyl (C=S) groups is 1.